The summed E-state index contributed by atoms with van der Waals surface area (Å²) >= 11 is 1.74. The van der Waals surface area contributed by atoms with Crippen molar-refractivity contribution in [2.75, 3.05) is 7.05 Å². The topological polar surface area (TPSA) is 67.1 Å². The van der Waals surface area contributed by atoms with E-state index in [1.807, 2.05) is 23.1 Å². The number of hydrogen-bond donors (Lipinski definition) is 2. The van der Waals surface area contributed by atoms with Crippen molar-refractivity contribution < 1.29 is 0 Å². The maximum absolute atomic E-state index is 4.42. The van der Waals surface area contributed by atoms with E-state index >= 15 is 0 Å². The number of hydrogen-bond acceptors (Lipinski definition) is 4. The Bertz CT molecular complexity index is 844. The molecule has 0 amide bonds. The molecule has 0 radical (unpaired) electrons. The number of benzene rings is 1. The molecule has 0 unspecified atom stereocenters. The number of guanidine groups is 1. The Morgan fingerprint density at radius 1 is 1.19 bits per heavy atom. The van der Waals surface area contributed by atoms with Crippen LogP contribution in [0.15, 0.2) is 53.9 Å². The van der Waals surface area contributed by atoms with Crippen LogP contribution in [0, 0.1) is 0 Å². The number of aryl methyl sites for hydroxylation is 1. The van der Waals surface area contributed by atoms with E-state index in [2.05, 4.69) is 56.9 Å². The van der Waals surface area contributed by atoms with Gasteiger partial charge in [-0.1, -0.05) is 31.2 Å². The number of nitrogens with zero attached hydrogens (tertiary/aromatic N) is 4. The van der Waals surface area contributed by atoms with Crippen LogP contribution < -0.4 is 10.6 Å². The highest BCUT2D eigenvalue weighted by atomic mass is 127. The van der Waals surface area contributed by atoms with Gasteiger partial charge >= 0.3 is 0 Å². The zero-order chi connectivity index (χ0) is 18.2. The average molecular weight is 496 g/mol. The summed E-state index contributed by atoms with van der Waals surface area (Å²) in [6.45, 7) is 4.32. The van der Waals surface area contributed by atoms with Crippen LogP contribution in [-0.4, -0.2) is 27.8 Å². The van der Waals surface area contributed by atoms with Gasteiger partial charge in [0, 0.05) is 37.1 Å². The number of aromatic nitrogens is 3. The standard InChI is InChI=1S/C19H24N6S.HI/c1-3-17-12-21-18(26-17)13-23-19(20-2)22-11-15-6-4-7-16(10-15)14-25-9-5-8-24-25;/h4-10,12H,3,11,13-14H2,1-2H3,(H2,20,22,23);1H. The number of aliphatic imine (C=N–C) groups is 1. The Kier molecular flexibility index (Phi) is 8.73. The lowest BCUT2D eigenvalue weighted by molar-refractivity contribution is 0.685. The molecular formula is C19H25IN6S. The van der Waals surface area contributed by atoms with Crippen LogP contribution in [0.4, 0.5) is 0 Å². The Morgan fingerprint density at radius 3 is 2.70 bits per heavy atom. The zero-order valence-electron chi connectivity index (χ0n) is 15.6. The van der Waals surface area contributed by atoms with Gasteiger partial charge in [-0.2, -0.15) is 5.10 Å². The van der Waals surface area contributed by atoms with E-state index in [1.54, 1.807) is 24.6 Å². The molecule has 0 spiro atoms. The monoisotopic (exact) mass is 496 g/mol. The Balaban J connectivity index is 0.00000261. The van der Waals surface area contributed by atoms with Gasteiger partial charge in [0.2, 0.25) is 0 Å². The molecule has 0 atom stereocenters. The maximum atomic E-state index is 4.42. The highest BCUT2D eigenvalue weighted by Gasteiger charge is 2.04. The van der Waals surface area contributed by atoms with E-state index in [-0.39, 0.29) is 24.0 Å². The highest BCUT2D eigenvalue weighted by Crippen LogP contribution is 2.12. The van der Waals surface area contributed by atoms with Gasteiger partial charge in [-0.15, -0.1) is 35.3 Å². The van der Waals surface area contributed by atoms with E-state index in [0.29, 0.717) is 13.1 Å². The molecule has 2 aromatic heterocycles. The second kappa shape index (κ2) is 11.0. The lowest BCUT2D eigenvalue weighted by Crippen LogP contribution is -2.36. The summed E-state index contributed by atoms with van der Waals surface area (Å²) in [5, 5.41) is 12.0. The van der Waals surface area contributed by atoms with Crippen LogP contribution >= 0.6 is 35.3 Å². The second-order valence-corrected chi connectivity index (χ2v) is 7.08. The van der Waals surface area contributed by atoms with E-state index in [9.17, 15) is 0 Å². The predicted molar refractivity (Wildman–Crippen MR) is 122 cm³/mol. The van der Waals surface area contributed by atoms with Crippen LogP contribution in [-0.2, 0) is 26.1 Å². The molecule has 6 nitrogen and oxygen atoms in total. The molecule has 3 aromatic rings. The van der Waals surface area contributed by atoms with Crippen LogP contribution in [0.1, 0.15) is 27.9 Å². The Hall–Kier alpha value is -1.94. The third-order valence-electron chi connectivity index (χ3n) is 3.94. The minimum atomic E-state index is 0. The highest BCUT2D eigenvalue weighted by molar-refractivity contribution is 14.0. The van der Waals surface area contributed by atoms with Gasteiger partial charge in [0.05, 0.1) is 13.1 Å². The van der Waals surface area contributed by atoms with Gasteiger partial charge in [0.1, 0.15) is 5.01 Å². The van der Waals surface area contributed by atoms with E-state index in [4.69, 9.17) is 0 Å². The van der Waals surface area contributed by atoms with E-state index in [0.717, 1.165) is 23.9 Å². The first kappa shape index (κ1) is 21.4. The quantitative estimate of drug-likeness (QED) is 0.299. The van der Waals surface area contributed by atoms with Crippen LogP contribution in [0.25, 0.3) is 0 Å². The molecule has 0 saturated carbocycles. The third kappa shape index (κ3) is 6.62. The van der Waals surface area contributed by atoms with Crippen molar-refractivity contribution in [3.8, 4) is 0 Å². The summed E-state index contributed by atoms with van der Waals surface area (Å²) in [4.78, 5) is 10.0. The van der Waals surface area contributed by atoms with Crippen LogP contribution in [0.3, 0.4) is 0 Å². The molecule has 0 bridgehead atoms. The molecule has 0 fully saturated rings. The normalized spacial score (nSPS) is 11.1. The lowest BCUT2D eigenvalue weighted by atomic mass is 10.1. The van der Waals surface area contributed by atoms with E-state index < -0.39 is 0 Å². The molecule has 2 heterocycles. The molecule has 0 aliphatic carbocycles. The molecular weight excluding hydrogens is 471 g/mol. The average Bonchev–Trinajstić information content (AvgIpc) is 3.34. The molecule has 0 saturated heterocycles. The second-order valence-electron chi connectivity index (χ2n) is 5.88. The van der Waals surface area contributed by atoms with Gasteiger partial charge in [0.15, 0.2) is 5.96 Å². The molecule has 0 aliphatic rings. The smallest absolute Gasteiger partial charge is 0.191 e. The third-order valence-corrected chi connectivity index (χ3v) is 5.08. The first-order valence-electron chi connectivity index (χ1n) is 8.70. The lowest BCUT2D eigenvalue weighted by Gasteiger charge is -2.12. The summed E-state index contributed by atoms with van der Waals surface area (Å²) in [6, 6.07) is 10.4. The summed E-state index contributed by atoms with van der Waals surface area (Å²) in [5.41, 5.74) is 2.44. The maximum Gasteiger partial charge on any atom is 0.191 e. The van der Waals surface area contributed by atoms with Crippen molar-refractivity contribution in [2.24, 2.45) is 4.99 Å². The zero-order valence-corrected chi connectivity index (χ0v) is 18.7. The minimum Gasteiger partial charge on any atom is -0.352 e. The predicted octanol–water partition coefficient (Wildman–Crippen LogP) is 3.43. The molecule has 0 aliphatic heterocycles. The summed E-state index contributed by atoms with van der Waals surface area (Å²) in [7, 11) is 1.78. The number of nitrogens with one attached hydrogen (secondary N) is 2. The van der Waals surface area contributed by atoms with Crippen molar-refractivity contribution in [1.29, 1.82) is 0 Å². The number of thiazole rings is 1. The number of rotatable bonds is 7. The van der Waals surface area contributed by atoms with E-state index in [1.165, 1.54) is 16.0 Å². The number of halogens is 1. The first-order chi connectivity index (χ1) is 12.8. The van der Waals surface area contributed by atoms with Crippen molar-refractivity contribution >= 4 is 41.3 Å². The van der Waals surface area contributed by atoms with Gasteiger partial charge < -0.3 is 10.6 Å². The molecule has 2 N–H and O–H groups in total. The van der Waals surface area contributed by atoms with Crippen LogP contribution in [0.5, 0.6) is 0 Å². The van der Waals surface area contributed by atoms with Gasteiger partial charge in [-0.05, 0) is 23.6 Å². The van der Waals surface area contributed by atoms with Crippen molar-refractivity contribution in [1.82, 2.24) is 25.4 Å². The van der Waals surface area contributed by atoms with Crippen molar-refractivity contribution in [3.05, 3.63) is 69.9 Å². The summed E-state index contributed by atoms with van der Waals surface area (Å²) in [5.74, 6) is 0.774. The Morgan fingerprint density at radius 2 is 2.00 bits per heavy atom. The fourth-order valence-corrected chi connectivity index (χ4v) is 3.38. The fraction of sp³-hybridized carbons (Fsp3) is 0.316. The van der Waals surface area contributed by atoms with Gasteiger partial charge in [-0.3, -0.25) is 9.67 Å². The largest absolute Gasteiger partial charge is 0.352 e. The molecule has 144 valence electrons. The molecule has 1 aromatic carbocycles. The summed E-state index contributed by atoms with van der Waals surface area (Å²) < 4.78 is 1.92. The first-order valence-corrected chi connectivity index (χ1v) is 9.52. The van der Waals surface area contributed by atoms with Crippen molar-refractivity contribution in [3.63, 3.8) is 0 Å². The van der Waals surface area contributed by atoms with Crippen molar-refractivity contribution in [2.45, 2.75) is 33.0 Å². The fourth-order valence-electron chi connectivity index (χ4n) is 2.58. The minimum absolute atomic E-state index is 0. The van der Waals surface area contributed by atoms with Gasteiger partial charge in [-0.25, -0.2) is 4.98 Å². The summed E-state index contributed by atoms with van der Waals surface area (Å²) in [6.07, 6.45) is 6.74. The molecule has 8 heteroatoms. The van der Waals surface area contributed by atoms with Gasteiger partial charge in [0.25, 0.3) is 0 Å². The molecule has 3 rings (SSSR count). The molecule has 27 heavy (non-hydrogen) atoms. The van der Waals surface area contributed by atoms with Crippen LogP contribution in [0.2, 0.25) is 0 Å². The SMILES string of the molecule is CCc1cnc(CNC(=NC)NCc2cccc(Cn3cccn3)c2)s1.I. The Labute approximate surface area is 181 Å².